The highest BCUT2D eigenvalue weighted by molar-refractivity contribution is 7.52. The molecule has 2 heterocycles. The number of halogens is 1. The van der Waals surface area contributed by atoms with E-state index >= 15 is 4.39 Å². The number of ether oxygens (including phenoxy) is 1. The average molecular weight is 450 g/mol. The molecule has 30 heavy (non-hydrogen) atoms. The molecule has 0 aromatic carbocycles. The smallest absolute Gasteiger partial charge is 0.330 e. The molecule has 3 N–H and O–H groups in total. The number of nitrogens with one attached hydrogen (secondary N) is 1. The van der Waals surface area contributed by atoms with E-state index in [4.69, 9.17) is 13.8 Å². The van der Waals surface area contributed by atoms with Crippen LogP contribution in [0.3, 0.4) is 0 Å². The van der Waals surface area contributed by atoms with E-state index in [0.29, 0.717) is 5.57 Å². The molecule has 0 saturated carbocycles. The molecule has 1 fully saturated rings. The lowest BCUT2D eigenvalue weighted by Gasteiger charge is -2.26. The third kappa shape index (κ3) is 5.35. The molecule has 1 aromatic rings. The van der Waals surface area contributed by atoms with Gasteiger partial charge in [0.2, 0.25) is 0 Å². The second-order valence-corrected chi connectivity index (χ2v) is 10.4. The summed E-state index contributed by atoms with van der Waals surface area (Å²) in [6.07, 6.45) is -4.56. The molecule has 0 aliphatic carbocycles. The Hall–Kier alpha value is -1.62. The van der Waals surface area contributed by atoms with E-state index < -0.39 is 49.7 Å². The van der Waals surface area contributed by atoms with Crippen molar-refractivity contribution in [1.29, 1.82) is 0 Å². The maximum atomic E-state index is 15.2. The van der Waals surface area contributed by atoms with Gasteiger partial charge in [-0.15, -0.1) is 0 Å². The van der Waals surface area contributed by atoms with Crippen molar-refractivity contribution in [3.63, 3.8) is 0 Å². The Bertz CT molecular complexity index is 968. The largest absolute Gasteiger partial charge is 0.385 e. The van der Waals surface area contributed by atoms with Gasteiger partial charge in [-0.3, -0.25) is 18.9 Å². The minimum atomic E-state index is -3.76. The maximum Gasteiger partial charge on any atom is 0.330 e. The summed E-state index contributed by atoms with van der Waals surface area (Å²) in [4.78, 5) is 25.5. The molecule has 0 bridgehead atoms. The Kier molecular flexibility index (Phi) is 6.97. The molecule has 0 spiro atoms. The van der Waals surface area contributed by atoms with E-state index in [1.807, 2.05) is 25.8 Å². The van der Waals surface area contributed by atoms with Crippen LogP contribution in [0.5, 0.6) is 0 Å². The van der Waals surface area contributed by atoms with Crippen LogP contribution in [0.1, 0.15) is 32.6 Å². The van der Waals surface area contributed by atoms with Crippen LogP contribution in [0, 0.1) is 12.3 Å². The monoisotopic (exact) mass is 450 g/mol. The molecule has 1 aliphatic heterocycles. The molecule has 2 rings (SSSR count). The summed E-state index contributed by atoms with van der Waals surface area (Å²) in [5, 5.41) is 20.3. The number of aryl methyl sites for hydroxylation is 1. The third-order valence-electron chi connectivity index (χ3n) is 4.82. The summed E-state index contributed by atoms with van der Waals surface area (Å²) in [6, 6.07) is 0. The number of nitrogens with zero attached hydrogens (tertiary/aromatic N) is 1. The Morgan fingerprint density at radius 2 is 2.00 bits per heavy atom. The van der Waals surface area contributed by atoms with E-state index in [0.717, 1.165) is 17.4 Å². The van der Waals surface area contributed by atoms with E-state index in [1.54, 1.807) is 0 Å². The SMILES string of the molecule is C=C(COP(C)(=O)OC[C@@]1(F)O[C@@H](n2cc(C)c(=O)[nH]c2=O)[C@H](O)[C@@H]1O)C(C)(C)C. The number of H-pyrrole nitrogens is 1. The minimum Gasteiger partial charge on any atom is -0.385 e. The van der Waals surface area contributed by atoms with Gasteiger partial charge in [-0.05, 0) is 17.9 Å². The van der Waals surface area contributed by atoms with Gasteiger partial charge in [0, 0.05) is 18.4 Å². The molecule has 0 amide bonds. The number of hydrogen-bond acceptors (Lipinski definition) is 8. The first-order chi connectivity index (χ1) is 13.6. The summed E-state index contributed by atoms with van der Waals surface area (Å²) < 4.78 is 43.7. The van der Waals surface area contributed by atoms with Gasteiger partial charge in [0.05, 0.1) is 6.61 Å². The summed E-state index contributed by atoms with van der Waals surface area (Å²) in [6.45, 7) is 10.9. The molecule has 1 unspecified atom stereocenters. The Labute approximate surface area is 172 Å². The summed E-state index contributed by atoms with van der Waals surface area (Å²) in [5.74, 6) is -2.98. The van der Waals surface area contributed by atoms with Gasteiger partial charge in [-0.25, -0.2) is 9.18 Å². The molecule has 5 atom stereocenters. The minimum absolute atomic E-state index is 0.0860. The Morgan fingerprint density at radius 3 is 2.57 bits per heavy atom. The first kappa shape index (κ1) is 24.6. The van der Waals surface area contributed by atoms with Gasteiger partial charge in [0.25, 0.3) is 11.4 Å². The lowest BCUT2D eigenvalue weighted by atomic mass is 9.88. The van der Waals surface area contributed by atoms with Crippen molar-refractivity contribution >= 4 is 7.60 Å². The zero-order valence-corrected chi connectivity index (χ0v) is 18.4. The van der Waals surface area contributed by atoms with Gasteiger partial charge in [-0.1, -0.05) is 27.4 Å². The first-order valence-corrected chi connectivity index (χ1v) is 11.2. The zero-order valence-electron chi connectivity index (χ0n) is 17.5. The summed E-state index contributed by atoms with van der Waals surface area (Å²) in [7, 11) is -3.76. The average Bonchev–Trinajstić information content (AvgIpc) is 2.85. The van der Waals surface area contributed by atoms with Crippen LogP contribution in [-0.2, 0) is 18.3 Å². The van der Waals surface area contributed by atoms with Gasteiger partial charge in [0.15, 0.2) is 6.23 Å². The lowest BCUT2D eigenvalue weighted by molar-refractivity contribution is -0.204. The molecule has 10 nitrogen and oxygen atoms in total. The maximum absolute atomic E-state index is 15.2. The third-order valence-corrected chi connectivity index (χ3v) is 6.02. The highest BCUT2D eigenvalue weighted by Crippen LogP contribution is 2.48. The number of rotatable bonds is 7. The van der Waals surface area contributed by atoms with Crippen molar-refractivity contribution in [2.45, 2.75) is 52.0 Å². The van der Waals surface area contributed by atoms with E-state index in [1.165, 1.54) is 6.92 Å². The van der Waals surface area contributed by atoms with Crippen molar-refractivity contribution in [1.82, 2.24) is 9.55 Å². The fraction of sp³-hybridized carbons (Fsp3) is 0.667. The quantitative estimate of drug-likeness (QED) is 0.416. The normalized spacial score (nSPS) is 29.0. The van der Waals surface area contributed by atoms with Gasteiger partial charge >= 0.3 is 13.3 Å². The molecular formula is C18H28FN2O8P. The Morgan fingerprint density at radius 1 is 1.40 bits per heavy atom. The molecule has 1 aromatic heterocycles. The van der Waals surface area contributed by atoms with Crippen molar-refractivity contribution in [3.05, 3.63) is 44.8 Å². The van der Waals surface area contributed by atoms with E-state index in [2.05, 4.69) is 6.58 Å². The van der Waals surface area contributed by atoms with E-state index in [-0.39, 0.29) is 17.6 Å². The number of aromatic nitrogens is 2. The summed E-state index contributed by atoms with van der Waals surface area (Å²) in [5.41, 5.74) is -1.16. The topological polar surface area (TPSA) is 140 Å². The van der Waals surface area contributed by atoms with Gasteiger partial charge in [-0.2, -0.15) is 0 Å². The zero-order chi connectivity index (χ0) is 23.1. The van der Waals surface area contributed by atoms with Crippen molar-refractivity contribution in [2.24, 2.45) is 5.41 Å². The van der Waals surface area contributed by atoms with Crippen molar-refractivity contribution in [2.75, 3.05) is 19.9 Å². The van der Waals surface area contributed by atoms with Crippen molar-refractivity contribution < 1.29 is 33.0 Å². The summed E-state index contributed by atoms with van der Waals surface area (Å²) >= 11 is 0. The van der Waals surface area contributed by atoms with Crippen LogP contribution in [0.2, 0.25) is 0 Å². The van der Waals surface area contributed by atoms with Crippen molar-refractivity contribution in [3.8, 4) is 0 Å². The van der Waals surface area contributed by atoms with Crippen LogP contribution in [0.15, 0.2) is 27.9 Å². The van der Waals surface area contributed by atoms with Gasteiger partial charge in [0.1, 0.15) is 18.8 Å². The number of aliphatic hydroxyl groups excluding tert-OH is 2. The fourth-order valence-electron chi connectivity index (χ4n) is 2.52. The highest BCUT2D eigenvalue weighted by atomic mass is 31.2. The highest BCUT2D eigenvalue weighted by Gasteiger charge is 2.57. The van der Waals surface area contributed by atoms with Gasteiger partial charge < -0.3 is 24.0 Å². The molecule has 12 heteroatoms. The second kappa shape index (κ2) is 8.49. The van der Waals surface area contributed by atoms with Crippen LogP contribution in [0.25, 0.3) is 0 Å². The Balaban J connectivity index is 2.12. The molecule has 1 aliphatic rings. The van der Waals surface area contributed by atoms with Crippen LogP contribution < -0.4 is 11.2 Å². The van der Waals surface area contributed by atoms with E-state index in [9.17, 15) is 24.4 Å². The van der Waals surface area contributed by atoms with Crippen LogP contribution >= 0.6 is 7.60 Å². The molecular weight excluding hydrogens is 422 g/mol. The second-order valence-electron chi connectivity index (χ2n) is 8.38. The fourth-order valence-corrected chi connectivity index (χ4v) is 3.40. The number of hydrogen-bond donors (Lipinski definition) is 3. The number of alkyl halides is 1. The number of aliphatic hydroxyl groups is 2. The van der Waals surface area contributed by atoms with Crippen LogP contribution in [0.4, 0.5) is 4.39 Å². The predicted molar refractivity (Wildman–Crippen MR) is 106 cm³/mol. The molecule has 1 saturated heterocycles. The first-order valence-electron chi connectivity index (χ1n) is 9.17. The van der Waals surface area contributed by atoms with Crippen LogP contribution in [-0.4, -0.2) is 57.7 Å². The lowest BCUT2D eigenvalue weighted by Crippen LogP contribution is -2.43. The number of aromatic amines is 1. The predicted octanol–water partition coefficient (Wildman–Crippen LogP) is 1.22. The molecule has 170 valence electrons. The molecule has 0 radical (unpaired) electrons. The standard InChI is InChI=1S/C18H28FN2O8P/c1-10-7-21(16(25)20-14(10)24)15-12(22)13(23)18(19,29-15)9-28-30(6,26)27-8-11(2)17(3,4)5/h7,12-13,15,22-23H,2,8-9H2,1,3-6H3,(H,20,24,25)/t12-,13+,15-,18-,30?/m1/s1.